The quantitative estimate of drug-likeness (QED) is 0.541. The number of amides is 1. The zero-order valence-corrected chi connectivity index (χ0v) is 12.8. The summed E-state index contributed by atoms with van der Waals surface area (Å²) in [6, 6.07) is 13.2. The molecule has 0 fully saturated rings. The number of carbonyl (C=O) groups is 1. The second-order valence-corrected chi connectivity index (χ2v) is 5.42. The Bertz CT molecular complexity index is 970. The molecule has 0 spiro atoms. The minimum Gasteiger partial charge on any atom is -0.361 e. The van der Waals surface area contributed by atoms with E-state index in [1.54, 1.807) is 12.4 Å². The summed E-state index contributed by atoms with van der Waals surface area (Å²) < 4.78 is 0. The molecule has 3 N–H and O–H groups in total. The number of carbonyl (C=O) groups excluding carboxylic acids is 1. The van der Waals surface area contributed by atoms with Gasteiger partial charge < -0.3 is 10.3 Å². The van der Waals surface area contributed by atoms with Crippen molar-refractivity contribution in [2.75, 3.05) is 0 Å². The average molecular weight is 317 g/mol. The van der Waals surface area contributed by atoms with Crippen molar-refractivity contribution >= 4 is 16.8 Å². The molecule has 6 heteroatoms. The van der Waals surface area contributed by atoms with Crippen LogP contribution in [0.1, 0.15) is 16.1 Å². The highest BCUT2D eigenvalue weighted by Crippen LogP contribution is 2.25. The van der Waals surface area contributed by atoms with Gasteiger partial charge in [0, 0.05) is 40.6 Å². The second kappa shape index (κ2) is 6.00. The fourth-order valence-corrected chi connectivity index (χ4v) is 2.65. The van der Waals surface area contributed by atoms with Crippen molar-refractivity contribution in [1.29, 1.82) is 0 Å². The molecule has 3 aromatic heterocycles. The number of benzene rings is 1. The number of hydrogen-bond acceptors (Lipinski definition) is 3. The van der Waals surface area contributed by atoms with Gasteiger partial charge in [-0.25, -0.2) is 0 Å². The molecule has 4 aromatic rings. The van der Waals surface area contributed by atoms with E-state index in [0.717, 1.165) is 27.9 Å². The van der Waals surface area contributed by atoms with Gasteiger partial charge in [0.1, 0.15) is 0 Å². The van der Waals surface area contributed by atoms with Gasteiger partial charge in [0.25, 0.3) is 5.91 Å². The first-order valence-electron chi connectivity index (χ1n) is 7.60. The highest BCUT2D eigenvalue weighted by Gasteiger charge is 2.09. The van der Waals surface area contributed by atoms with Crippen LogP contribution < -0.4 is 5.32 Å². The van der Waals surface area contributed by atoms with Crippen LogP contribution in [-0.4, -0.2) is 26.1 Å². The van der Waals surface area contributed by atoms with E-state index in [0.29, 0.717) is 12.1 Å². The van der Waals surface area contributed by atoms with Gasteiger partial charge in [-0.1, -0.05) is 12.1 Å². The van der Waals surface area contributed by atoms with Gasteiger partial charge in [0.15, 0.2) is 0 Å². The number of nitrogens with zero attached hydrogens (tertiary/aromatic N) is 2. The molecule has 0 aliphatic carbocycles. The number of aromatic nitrogens is 4. The van der Waals surface area contributed by atoms with E-state index >= 15 is 0 Å². The summed E-state index contributed by atoms with van der Waals surface area (Å²) >= 11 is 0. The van der Waals surface area contributed by atoms with Crippen LogP contribution in [0.4, 0.5) is 0 Å². The Morgan fingerprint density at radius 2 is 1.92 bits per heavy atom. The third kappa shape index (κ3) is 2.65. The first-order valence-corrected chi connectivity index (χ1v) is 7.60. The molecule has 24 heavy (non-hydrogen) atoms. The number of hydrogen-bond donors (Lipinski definition) is 3. The van der Waals surface area contributed by atoms with E-state index in [9.17, 15) is 4.79 Å². The molecule has 0 unspecified atom stereocenters. The molecule has 118 valence electrons. The number of H-pyrrole nitrogens is 2. The molecule has 0 bridgehead atoms. The van der Waals surface area contributed by atoms with Gasteiger partial charge in [0.2, 0.25) is 0 Å². The Labute approximate surface area is 137 Å². The molecular weight excluding hydrogens is 302 g/mol. The van der Waals surface area contributed by atoms with Crippen molar-refractivity contribution in [2.45, 2.75) is 6.54 Å². The summed E-state index contributed by atoms with van der Waals surface area (Å²) in [6.45, 7) is 0.397. The highest BCUT2D eigenvalue weighted by molar-refractivity contribution is 5.96. The van der Waals surface area contributed by atoms with Crippen LogP contribution in [0.3, 0.4) is 0 Å². The summed E-state index contributed by atoms with van der Waals surface area (Å²) in [5.41, 5.74) is 4.32. The number of pyridine rings is 1. The average Bonchev–Trinajstić information content (AvgIpc) is 3.31. The minimum atomic E-state index is -0.127. The number of aromatic amines is 2. The molecule has 0 aliphatic heterocycles. The molecule has 4 rings (SSSR count). The largest absolute Gasteiger partial charge is 0.361 e. The predicted octanol–water partition coefficient (Wildman–Crippen LogP) is 2.88. The number of fused-ring (bicyclic) bond motifs is 1. The lowest BCUT2D eigenvalue weighted by Gasteiger charge is -2.06. The third-order valence-corrected chi connectivity index (χ3v) is 3.89. The predicted molar refractivity (Wildman–Crippen MR) is 91.3 cm³/mol. The van der Waals surface area contributed by atoms with E-state index in [2.05, 4.69) is 25.5 Å². The Hall–Kier alpha value is -3.41. The summed E-state index contributed by atoms with van der Waals surface area (Å²) in [7, 11) is 0. The van der Waals surface area contributed by atoms with Crippen LogP contribution in [0, 0.1) is 0 Å². The van der Waals surface area contributed by atoms with E-state index in [1.165, 1.54) is 0 Å². The normalized spacial score (nSPS) is 10.8. The first-order chi connectivity index (χ1) is 11.8. The molecule has 1 amide bonds. The standard InChI is InChI=1S/C18H15N5O/c24-18(21-11-14-5-10-22-23-14)13-3-1-12(2-4-13)17-15-6-8-19-16(15)7-9-20-17/h1-10,19H,11H2,(H,21,24)(H,22,23). The monoisotopic (exact) mass is 317 g/mol. The fourth-order valence-electron chi connectivity index (χ4n) is 2.65. The van der Waals surface area contributed by atoms with Crippen LogP contribution in [-0.2, 0) is 6.54 Å². The number of nitrogens with one attached hydrogen (secondary N) is 3. The zero-order valence-electron chi connectivity index (χ0n) is 12.8. The van der Waals surface area contributed by atoms with Crippen molar-refractivity contribution in [3.63, 3.8) is 0 Å². The topological polar surface area (TPSA) is 86.5 Å². The lowest BCUT2D eigenvalue weighted by molar-refractivity contribution is 0.0950. The van der Waals surface area contributed by atoms with Crippen LogP contribution in [0.15, 0.2) is 61.1 Å². The Morgan fingerprint density at radius 3 is 2.71 bits per heavy atom. The van der Waals surface area contributed by atoms with Gasteiger partial charge in [-0.2, -0.15) is 5.10 Å². The molecule has 1 aromatic carbocycles. The SMILES string of the molecule is O=C(NCc1cc[nH]n1)c1ccc(-c2nccc3[nH]ccc23)cc1. The zero-order chi connectivity index (χ0) is 16.4. The van der Waals surface area contributed by atoms with E-state index in [1.807, 2.05) is 48.7 Å². The fraction of sp³-hybridized carbons (Fsp3) is 0.0556. The summed E-state index contributed by atoms with van der Waals surface area (Å²) in [4.78, 5) is 19.8. The van der Waals surface area contributed by atoms with Crippen molar-refractivity contribution in [2.24, 2.45) is 0 Å². The molecular formula is C18H15N5O. The van der Waals surface area contributed by atoms with E-state index < -0.39 is 0 Å². The van der Waals surface area contributed by atoms with Gasteiger partial charge in [-0.15, -0.1) is 0 Å². The molecule has 6 nitrogen and oxygen atoms in total. The molecule has 0 aliphatic rings. The van der Waals surface area contributed by atoms with Crippen LogP contribution in [0.5, 0.6) is 0 Å². The first kappa shape index (κ1) is 14.2. The van der Waals surface area contributed by atoms with Gasteiger partial charge in [-0.05, 0) is 30.3 Å². The maximum Gasteiger partial charge on any atom is 0.251 e. The van der Waals surface area contributed by atoms with Gasteiger partial charge in [0.05, 0.1) is 17.9 Å². The Kier molecular flexibility index (Phi) is 3.55. The third-order valence-electron chi connectivity index (χ3n) is 3.89. The summed E-state index contributed by atoms with van der Waals surface area (Å²) in [5, 5.41) is 10.6. The highest BCUT2D eigenvalue weighted by atomic mass is 16.1. The molecule has 3 heterocycles. The lowest BCUT2D eigenvalue weighted by atomic mass is 10.1. The maximum atomic E-state index is 12.2. The van der Waals surface area contributed by atoms with Crippen LogP contribution >= 0.6 is 0 Å². The van der Waals surface area contributed by atoms with Crippen molar-refractivity contribution in [3.8, 4) is 11.3 Å². The number of rotatable bonds is 4. The smallest absolute Gasteiger partial charge is 0.251 e. The van der Waals surface area contributed by atoms with Crippen LogP contribution in [0.2, 0.25) is 0 Å². The lowest BCUT2D eigenvalue weighted by Crippen LogP contribution is -2.22. The molecule has 0 atom stereocenters. The summed E-state index contributed by atoms with van der Waals surface area (Å²) in [5.74, 6) is -0.127. The van der Waals surface area contributed by atoms with Crippen LogP contribution in [0.25, 0.3) is 22.2 Å². The molecule has 0 radical (unpaired) electrons. The maximum absolute atomic E-state index is 12.2. The molecule has 0 saturated heterocycles. The van der Waals surface area contributed by atoms with Crippen molar-refractivity contribution in [3.05, 3.63) is 72.3 Å². The van der Waals surface area contributed by atoms with E-state index in [-0.39, 0.29) is 5.91 Å². The molecule has 0 saturated carbocycles. The van der Waals surface area contributed by atoms with E-state index in [4.69, 9.17) is 0 Å². The Balaban J connectivity index is 1.54. The van der Waals surface area contributed by atoms with Gasteiger partial charge >= 0.3 is 0 Å². The van der Waals surface area contributed by atoms with Crippen molar-refractivity contribution < 1.29 is 4.79 Å². The van der Waals surface area contributed by atoms with Crippen molar-refractivity contribution in [1.82, 2.24) is 25.5 Å². The van der Waals surface area contributed by atoms with Gasteiger partial charge in [-0.3, -0.25) is 14.9 Å². The summed E-state index contributed by atoms with van der Waals surface area (Å²) in [6.07, 6.45) is 5.40. The minimum absolute atomic E-state index is 0.127. The Morgan fingerprint density at radius 1 is 1.04 bits per heavy atom. The second-order valence-electron chi connectivity index (χ2n) is 5.42.